The van der Waals surface area contributed by atoms with E-state index in [1.54, 1.807) is 6.07 Å². The Bertz CT molecular complexity index is 393. The van der Waals surface area contributed by atoms with Gasteiger partial charge in [0, 0.05) is 18.7 Å². The maximum absolute atomic E-state index is 10.9. The minimum absolute atomic E-state index is 0.0980. The van der Waals surface area contributed by atoms with Crippen LogP contribution in [0.3, 0.4) is 0 Å². The van der Waals surface area contributed by atoms with Crippen LogP contribution in [-0.4, -0.2) is 22.7 Å². The van der Waals surface area contributed by atoms with Gasteiger partial charge in [0.05, 0.1) is 4.92 Å². The molecule has 0 saturated heterocycles. The lowest BCUT2D eigenvalue weighted by Crippen LogP contribution is -2.17. The second kappa shape index (κ2) is 6.20. The first-order valence-corrected chi connectivity index (χ1v) is 5.67. The SMILES string of the molecule is Cc1cccc([N+](=O)[O-])c1NC(C)CCCO. The molecule has 0 aliphatic heterocycles. The summed E-state index contributed by atoms with van der Waals surface area (Å²) >= 11 is 0. The summed E-state index contributed by atoms with van der Waals surface area (Å²) in [6.07, 6.45) is 1.47. The van der Waals surface area contributed by atoms with Crippen molar-refractivity contribution in [1.82, 2.24) is 0 Å². The van der Waals surface area contributed by atoms with E-state index in [2.05, 4.69) is 5.32 Å². The van der Waals surface area contributed by atoms with Crippen molar-refractivity contribution in [2.45, 2.75) is 32.7 Å². The predicted molar refractivity (Wildman–Crippen MR) is 67.2 cm³/mol. The van der Waals surface area contributed by atoms with Crippen LogP contribution in [-0.2, 0) is 0 Å². The Hall–Kier alpha value is -1.62. The first-order chi connectivity index (χ1) is 8.06. The van der Waals surface area contributed by atoms with Crippen molar-refractivity contribution in [3.8, 4) is 0 Å². The van der Waals surface area contributed by atoms with Gasteiger partial charge in [0.15, 0.2) is 0 Å². The molecule has 5 heteroatoms. The number of nitro benzene ring substituents is 1. The summed E-state index contributed by atoms with van der Waals surface area (Å²) in [6, 6.07) is 5.11. The van der Waals surface area contributed by atoms with E-state index >= 15 is 0 Å². The van der Waals surface area contributed by atoms with Crippen LogP contribution >= 0.6 is 0 Å². The van der Waals surface area contributed by atoms with Crippen molar-refractivity contribution in [2.75, 3.05) is 11.9 Å². The molecule has 0 aliphatic rings. The Morgan fingerprint density at radius 1 is 1.53 bits per heavy atom. The lowest BCUT2D eigenvalue weighted by atomic mass is 10.1. The van der Waals surface area contributed by atoms with Crippen LogP contribution in [0.4, 0.5) is 11.4 Å². The van der Waals surface area contributed by atoms with Gasteiger partial charge in [-0.3, -0.25) is 10.1 Å². The number of rotatable bonds is 6. The number of nitrogens with one attached hydrogen (secondary N) is 1. The number of nitrogens with zero attached hydrogens (tertiary/aromatic N) is 1. The molecular formula is C12H18N2O3. The fourth-order valence-corrected chi connectivity index (χ4v) is 1.71. The van der Waals surface area contributed by atoms with Crippen LogP contribution in [0.1, 0.15) is 25.3 Å². The van der Waals surface area contributed by atoms with Crippen LogP contribution < -0.4 is 5.32 Å². The summed E-state index contributed by atoms with van der Waals surface area (Å²) in [6.45, 7) is 3.93. The molecule has 0 aromatic heterocycles. The number of benzene rings is 1. The fraction of sp³-hybridized carbons (Fsp3) is 0.500. The van der Waals surface area contributed by atoms with E-state index < -0.39 is 0 Å². The Morgan fingerprint density at radius 3 is 2.82 bits per heavy atom. The molecule has 0 amide bonds. The van der Waals surface area contributed by atoms with Crippen LogP contribution in [0, 0.1) is 17.0 Å². The van der Waals surface area contributed by atoms with Gasteiger partial charge in [0.2, 0.25) is 0 Å². The smallest absolute Gasteiger partial charge is 0.292 e. The Morgan fingerprint density at radius 2 is 2.24 bits per heavy atom. The van der Waals surface area contributed by atoms with E-state index in [-0.39, 0.29) is 23.3 Å². The zero-order chi connectivity index (χ0) is 12.8. The number of hydrogen-bond donors (Lipinski definition) is 2. The number of aryl methyl sites for hydroxylation is 1. The average molecular weight is 238 g/mol. The summed E-state index contributed by atoms with van der Waals surface area (Å²) in [5.74, 6) is 0. The van der Waals surface area contributed by atoms with E-state index in [0.717, 1.165) is 12.0 Å². The van der Waals surface area contributed by atoms with Gasteiger partial charge in [0.25, 0.3) is 5.69 Å². The molecular weight excluding hydrogens is 220 g/mol. The molecule has 0 heterocycles. The van der Waals surface area contributed by atoms with E-state index in [4.69, 9.17) is 5.11 Å². The second-order valence-electron chi connectivity index (χ2n) is 4.14. The van der Waals surface area contributed by atoms with Crippen LogP contribution in [0.15, 0.2) is 18.2 Å². The summed E-state index contributed by atoms with van der Waals surface area (Å²) < 4.78 is 0. The Kier molecular flexibility index (Phi) is 4.90. The third-order valence-corrected chi connectivity index (χ3v) is 2.63. The van der Waals surface area contributed by atoms with Gasteiger partial charge in [0.1, 0.15) is 5.69 Å². The molecule has 0 bridgehead atoms. The van der Waals surface area contributed by atoms with Crippen LogP contribution in [0.25, 0.3) is 0 Å². The number of nitro groups is 1. The zero-order valence-corrected chi connectivity index (χ0v) is 10.1. The van der Waals surface area contributed by atoms with E-state index in [9.17, 15) is 10.1 Å². The maximum atomic E-state index is 10.9. The second-order valence-corrected chi connectivity index (χ2v) is 4.14. The molecule has 5 nitrogen and oxygen atoms in total. The summed E-state index contributed by atoms with van der Waals surface area (Å²) in [7, 11) is 0. The van der Waals surface area contributed by atoms with E-state index in [1.807, 2.05) is 19.9 Å². The van der Waals surface area contributed by atoms with Gasteiger partial charge in [-0.1, -0.05) is 12.1 Å². The molecule has 0 fully saturated rings. The first kappa shape index (κ1) is 13.4. The van der Waals surface area contributed by atoms with E-state index in [0.29, 0.717) is 12.1 Å². The van der Waals surface area contributed by atoms with Crippen LogP contribution in [0.2, 0.25) is 0 Å². The molecule has 2 N–H and O–H groups in total. The third kappa shape index (κ3) is 3.71. The minimum atomic E-state index is -0.381. The molecule has 0 aliphatic carbocycles. The molecule has 0 saturated carbocycles. The molecule has 94 valence electrons. The quantitative estimate of drug-likeness (QED) is 0.589. The highest BCUT2D eigenvalue weighted by Crippen LogP contribution is 2.28. The van der Waals surface area contributed by atoms with Crippen molar-refractivity contribution in [3.05, 3.63) is 33.9 Å². The summed E-state index contributed by atoms with van der Waals surface area (Å²) in [4.78, 5) is 10.5. The normalized spacial score (nSPS) is 12.2. The number of para-hydroxylation sites is 1. The highest BCUT2D eigenvalue weighted by molar-refractivity contribution is 5.66. The van der Waals surface area contributed by atoms with Crippen molar-refractivity contribution in [1.29, 1.82) is 0 Å². The highest BCUT2D eigenvalue weighted by Gasteiger charge is 2.16. The van der Waals surface area contributed by atoms with E-state index in [1.165, 1.54) is 6.07 Å². The average Bonchev–Trinajstić information content (AvgIpc) is 2.28. The highest BCUT2D eigenvalue weighted by atomic mass is 16.6. The molecule has 1 unspecified atom stereocenters. The van der Waals surface area contributed by atoms with Gasteiger partial charge in [-0.25, -0.2) is 0 Å². The summed E-state index contributed by atoms with van der Waals surface area (Å²) in [5.41, 5.74) is 1.53. The number of anilines is 1. The van der Waals surface area contributed by atoms with Gasteiger partial charge >= 0.3 is 0 Å². The molecule has 1 atom stereocenters. The van der Waals surface area contributed by atoms with Crippen molar-refractivity contribution >= 4 is 11.4 Å². The third-order valence-electron chi connectivity index (χ3n) is 2.63. The Balaban J connectivity index is 2.85. The maximum Gasteiger partial charge on any atom is 0.292 e. The molecule has 17 heavy (non-hydrogen) atoms. The zero-order valence-electron chi connectivity index (χ0n) is 10.1. The van der Waals surface area contributed by atoms with Gasteiger partial charge < -0.3 is 10.4 Å². The lowest BCUT2D eigenvalue weighted by molar-refractivity contribution is -0.384. The van der Waals surface area contributed by atoms with Crippen molar-refractivity contribution < 1.29 is 10.0 Å². The van der Waals surface area contributed by atoms with Gasteiger partial charge in [-0.05, 0) is 32.3 Å². The molecule has 1 rings (SSSR count). The number of hydrogen-bond acceptors (Lipinski definition) is 4. The van der Waals surface area contributed by atoms with Gasteiger partial charge in [-0.15, -0.1) is 0 Å². The number of aliphatic hydroxyl groups is 1. The van der Waals surface area contributed by atoms with Crippen molar-refractivity contribution in [3.63, 3.8) is 0 Å². The molecule has 0 radical (unpaired) electrons. The topological polar surface area (TPSA) is 75.4 Å². The monoisotopic (exact) mass is 238 g/mol. The number of aliphatic hydroxyl groups excluding tert-OH is 1. The molecule has 0 spiro atoms. The van der Waals surface area contributed by atoms with Crippen molar-refractivity contribution in [2.24, 2.45) is 0 Å². The predicted octanol–water partition coefficient (Wildman–Crippen LogP) is 2.48. The summed E-state index contributed by atoms with van der Waals surface area (Å²) in [5, 5.41) is 22.8. The van der Waals surface area contributed by atoms with Crippen LogP contribution in [0.5, 0.6) is 0 Å². The Labute approximate surface area is 101 Å². The standard InChI is InChI=1S/C12H18N2O3/c1-9-5-3-7-11(14(16)17)12(9)13-10(2)6-4-8-15/h3,5,7,10,13,15H,4,6,8H2,1-2H3. The molecule has 1 aromatic carbocycles. The minimum Gasteiger partial charge on any atom is -0.396 e. The van der Waals surface area contributed by atoms with Gasteiger partial charge in [-0.2, -0.15) is 0 Å². The fourth-order valence-electron chi connectivity index (χ4n) is 1.71. The largest absolute Gasteiger partial charge is 0.396 e. The molecule has 1 aromatic rings. The lowest BCUT2D eigenvalue weighted by Gasteiger charge is -2.16. The first-order valence-electron chi connectivity index (χ1n) is 5.67.